The van der Waals surface area contributed by atoms with Gasteiger partial charge in [0.25, 0.3) is 0 Å². The minimum absolute atomic E-state index is 0.00517. The van der Waals surface area contributed by atoms with Crippen molar-refractivity contribution in [3.05, 3.63) is 30.1 Å². The molecule has 0 aliphatic heterocycles. The highest BCUT2D eigenvalue weighted by Gasteiger charge is 2.08. The van der Waals surface area contributed by atoms with Crippen LogP contribution in [0, 0.1) is 5.82 Å². The van der Waals surface area contributed by atoms with E-state index in [1.165, 1.54) is 6.07 Å². The average Bonchev–Trinajstić information content (AvgIpc) is 2.41. The first-order valence-corrected chi connectivity index (χ1v) is 6.37. The fourth-order valence-corrected chi connectivity index (χ4v) is 1.56. The molecule has 0 aliphatic rings. The molecule has 0 aromatic heterocycles. The van der Waals surface area contributed by atoms with Crippen LogP contribution in [0.2, 0.25) is 0 Å². The van der Waals surface area contributed by atoms with E-state index < -0.39 is 5.82 Å². The zero-order chi connectivity index (χ0) is 14.1. The van der Waals surface area contributed by atoms with Gasteiger partial charge in [-0.05, 0) is 25.0 Å². The zero-order valence-corrected chi connectivity index (χ0v) is 11.1. The Hall–Kier alpha value is -1.62. The molecule has 1 amide bonds. The van der Waals surface area contributed by atoms with E-state index in [0.717, 1.165) is 0 Å². The number of benzene rings is 1. The Morgan fingerprint density at radius 3 is 2.79 bits per heavy atom. The molecule has 0 saturated carbocycles. The van der Waals surface area contributed by atoms with Gasteiger partial charge in [0.1, 0.15) is 6.61 Å². The van der Waals surface area contributed by atoms with E-state index in [1.807, 2.05) is 0 Å². The Labute approximate surface area is 112 Å². The molecule has 4 nitrogen and oxygen atoms in total. The average molecular weight is 269 g/mol. The maximum Gasteiger partial charge on any atom is 0.222 e. The van der Waals surface area contributed by atoms with E-state index in [1.54, 1.807) is 30.1 Å². The molecule has 0 fully saturated rings. The molecule has 0 bridgehead atoms. The van der Waals surface area contributed by atoms with Gasteiger partial charge in [0.15, 0.2) is 11.6 Å². The molecular weight excluding hydrogens is 249 g/mol. The van der Waals surface area contributed by atoms with Crippen LogP contribution in [-0.4, -0.2) is 42.7 Å². The summed E-state index contributed by atoms with van der Waals surface area (Å²) >= 11 is 0. The van der Waals surface area contributed by atoms with E-state index in [2.05, 4.69) is 0 Å². The topological polar surface area (TPSA) is 49.8 Å². The number of carbonyl (C=O) groups excluding carboxylic acids is 1. The van der Waals surface area contributed by atoms with Crippen LogP contribution in [0.3, 0.4) is 0 Å². The van der Waals surface area contributed by atoms with E-state index in [4.69, 9.17) is 9.84 Å². The Balaban J connectivity index is 2.25. The summed E-state index contributed by atoms with van der Waals surface area (Å²) < 4.78 is 18.5. The SMILES string of the molecule is CN(CCOc1ccccc1F)C(=O)CCCCO. The molecule has 0 atom stereocenters. The fourth-order valence-electron chi connectivity index (χ4n) is 1.56. The highest BCUT2D eigenvalue weighted by atomic mass is 19.1. The molecule has 106 valence electrons. The number of para-hydroxylation sites is 1. The van der Waals surface area contributed by atoms with E-state index >= 15 is 0 Å². The van der Waals surface area contributed by atoms with E-state index in [-0.39, 0.29) is 24.9 Å². The summed E-state index contributed by atoms with van der Waals surface area (Å²) in [6, 6.07) is 6.18. The summed E-state index contributed by atoms with van der Waals surface area (Å²) in [4.78, 5) is 13.2. The van der Waals surface area contributed by atoms with Gasteiger partial charge in [0, 0.05) is 20.1 Å². The first-order chi connectivity index (χ1) is 9.15. The molecule has 19 heavy (non-hydrogen) atoms. The standard InChI is InChI=1S/C14H20FNO3/c1-16(14(18)8-4-5-10-17)9-11-19-13-7-3-2-6-12(13)15/h2-3,6-7,17H,4-5,8-11H2,1H3. The summed E-state index contributed by atoms with van der Waals surface area (Å²) in [5.41, 5.74) is 0. The van der Waals surface area contributed by atoms with Crippen LogP contribution >= 0.6 is 0 Å². The van der Waals surface area contributed by atoms with E-state index in [0.29, 0.717) is 25.8 Å². The minimum Gasteiger partial charge on any atom is -0.489 e. The third-order valence-corrected chi connectivity index (χ3v) is 2.75. The number of unbranched alkanes of at least 4 members (excludes halogenated alkanes) is 1. The highest BCUT2D eigenvalue weighted by molar-refractivity contribution is 5.75. The van der Waals surface area contributed by atoms with Gasteiger partial charge in [-0.1, -0.05) is 12.1 Å². The second-order valence-electron chi connectivity index (χ2n) is 4.27. The van der Waals surface area contributed by atoms with Gasteiger partial charge >= 0.3 is 0 Å². The van der Waals surface area contributed by atoms with Crippen molar-refractivity contribution in [3.8, 4) is 5.75 Å². The summed E-state index contributed by atoms with van der Waals surface area (Å²) in [7, 11) is 1.69. The second kappa shape index (κ2) is 8.48. The van der Waals surface area contributed by atoms with E-state index in [9.17, 15) is 9.18 Å². The maximum absolute atomic E-state index is 13.2. The molecule has 0 spiro atoms. The lowest BCUT2D eigenvalue weighted by Gasteiger charge is -2.17. The minimum atomic E-state index is -0.403. The quantitative estimate of drug-likeness (QED) is 0.732. The lowest BCUT2D eigenvalue weighted by molar-refractivity contribution is -0.130. The molecule has 0 heterocycles. The van der Waals surface area contributed by atoms with Crippen LogP contribution in [0.25, 0.3) is 0 Å². The molecule has 5 heteroatoms. The molecule has 1 aromatic carbocycles. The van der Waals surface area contributed by atoms with Crippen LogP contribution in [0.1, 0.15) is 19.3 Å². The Bertz CT molecular complexity index is 398. The van der Waals surface area contributed by atoms with Gasteiger partial charge in [-0.25, -0.2) is 4.39 Å². The molecular formula is C14H20FNO3. The molecule has 0 unspecified atom stereocenters. The van der Waals surface area contributed by atoms with Crippen LogP contribution in [-0.2, 0) is 4.79 Å². The highest BCUT2D eigenvalue weighted by Crippen LogP contribution is 2.15. The lowest BCUT2D eigenvalue weighted by Crippen LogP contribution is -2.30. The summed E-state index contributed by atoms with van der Waals surface area (Å²) in [5, 5.41) is 8.63. The number of amides is 1. The first kappa shape index (κ1) is 15.4. The van der Waals surface area contributed by atoms with Crippen LogP contribution in [0.5, 0.6) is 5.75 Å². The third-order valence-electron chi connectivity index (χ3n) is 2.75. The monoisotopic (exact) mass is 269 g/mol. The van der Waals surface area contributed by atoms with Crippen LogP contribution < -0.4 is 4.74 Å². The van der Waals surface area contributed by atoms with Crippen molar-refractivity contribution in [2.45, 2.75) is 19.3 Å². The molecule has 1 rings (SSSR count). The smallest absolute Gasteiger partial charge is 0.222 e. The summed E-state index contributed by atoms with van der Waals surface area (Å²) in [5.74, 6) is -0.200. The number of hydrogen-bond donors (Lipinski definition) is 1. The number of halogens is 1. The predicted molar refractivity (Wildman–Crippen MR) is 70.5 cm³/mol. The third kappa shape index (κ3) is 5.70. The van der Waals surface area contributed by atoms with Crippen LogP contribution in [0.15, 0.2) is 24.3 Å². The summed E-state index contributed by atoms with van der Waals surface area (Å²) in [6.07, 6.45) is 1.72. The molecule has 0 radical (unpaired) electrons. The molecule has 1 aromatic rings. The van der Waals surface area contributed by atoms with Crippen LogP contribution in [0.4, 0.5) is 4.39 Å². The number of likely N-dealkylation sites (N-methyl/N-ethyl adjacent to an activating group) is 1. The predicted octanol–water partition coefficient (Wildman–Crippen LogP) is 1.83. The van der Waals surface area contributed by atoms with Crippen molar-refractivity contribution in [1.82, 2.24) is 4.90 Å². The number of ether oxygens (including phenoxy) is 1. The van der Waals surface area contributed by atoms with Crippen molar-refractivity contribution >= 4 is 5.91 Å². The van der Waals surface area contributed by atoms with Gasteiger partial charge in [0.05, 0.1) is 6.54 Å². The molecule has 0 aliphatic carbocycles. The largest absolute Gasteiger partial charge is 0.489 e. The number of hydrogen-bond acceptors (Lipinski definition) is 3. The lowest BCUT2D eigenvalue weighted by atomic mass is 10.2. The van der Waals surface area contributed by atoms with Gasteiger partial charge in [-0.2, -0.15) is 0 Å². The van der Waals surface area contributed by atoms with Crippen molar-refractivity contribution in [2.24, 2.45) is 0 Å². The first-order valence-electron chi connectivity index (χ1n) is 6.37. The Kier molecular flexibility index (Phi) is 6.89. The number of aliphatic hydroxyl groups excluding tert-OH is 1. The van der Waals surface area contributed by atoms with Gasteiger partial charge < -0.3 is 14.7 Å². The molecule has 1 N–H and O–H groups in total. The van der Waals surface area contributed by atoms with Crippen molar-refractivity contribution in [3.63, 3.8) is 0 Å². The number of rotatable bonds is 8. The zero-order valence-electron chi connectivity index (χ0n) is 11.1. The van der Waals surface area contributed by atoms with Crippen molar-refractivity contribution in [1.29, 1.82) is 0 Å². The van der Waals surface area contributed by atoms with Crippen molar-refractivity contribution < 1.29 is 19.0 Å². The number of aliphatic hydroxyl groups is 1. The summed E-state index contributed by atoms with van der Waals surface area (Å²) in [6.45, 7) is 0.767. The van der Waals surface area contributed by atoms with Gasteiger partial charge in [0.2, 0.25) is 5.91 Å². The van der Waals surface area contributed by atoms with Gasteiger partial charge in [-0.15, -0.1) is 0 Å². The Morgan fingerprint density at radius 2 is 2.11 bits per heavy atom. The Morgan fingerprint density at radius 1 is 1.37 bits per heavy atom. The fraction of sp³-hybridized carbons (Fsp3) is 0.500. The second-order valence-corrected chi connectivity index (χ2v) is 4.27. The number of carbonyl (C=O) groups is 1. The number of nitrogens with zero attached hydrogens (tertiary/aromatic N) is 1. The normalized spacial score (nSPS) is 10.3. The maximum atomic E-state index is 13.2. The van der Waals surface area contributed by atoms with Gasteiger partial charge in [-0.3, -0.25) is 4.79 Å². The van der Waals surface area contributed by atoms with Crippen molar-refractivity contribution in [2.75, 3.05) is 26.8 Å². The molecule has 0 saturated heterocycles.